The van der Waals surface area contributed by atoms with Gasteiger partial charge in [0.1, 0.15) is 0 Å². The van der Waals surface area contributed by atoms with Crippen LogP contribution in [-0.2, 0) is 4.79 Å². The van der Waals surface area contributed by atoms with Crippen LogP contribution in [0.2, 0.25) is 0 Å². The fourth-order valence-corrected chi connectivity index (χ4v) is 2.36. The van der Waals surface area contributed by atoms with Gasteiger partial charge >= 0.3 is 0 Å². The first-order valence-electron chi connectivity index (χ1n) is 6.46. The molecule has 0 saturated heterocycles. The van der Waals surface area contributed by atoms with E-state index in [2.05, 4.69) is 0 Å². The van der Waals surface area contributed by atoms with Crippen LogP contribution in [0.1, 0.15) is 46.9 Å². The van der Waals surface area contributed by atoms with Gasteiger partial charge in [-0.15, -0.1) is 0 Å². The second-order valence-electron chi connectivity index (χ2n) is 4.77. The summed E-state index contributed by atoms with van der Waals surface area (Å²) >= 11 is 0. The number of carbonyl (C=O) groups excluding carboxylic acids is 3. The molecule has 1 aliphatic rings. The molecule has 0 saturated carbocycles. The topological polar surface area (TPSA) is 51.2 Å². The van der Waals surface area contributed by atoms with Crippen LogP contribution in [0.5, 0.6) is 0 Å². The molecule has 0 fully saturated rings. The van der Waals surface area contributed by atoms with Crippen LogP contribution in [0.3, 0.4) is 0 Å². The number of ketones is 3. The zero-order chi connectivity index (χ0) is 13.8. The minimum atomic E-state index is -0.525. The van der Waals surface area contributed by atoms with Crippen LogP contribution in [0, 0.1) is 5.92 Å². The van der Waals surface area contributed by atoms with E-state index in [1.807, 2.05) is 0 Å². The standard InChI is InChI=1S/C16H16O3/c1-11(17)7-3-2-4-10-14-15(18)12-8-5-6-9-13(12)16(14)19/h3,5-9,14H,2,4,10H2,1H3/b7-3+. The number of rotatable bonds is 5. The van der Waals surface area contributed by atoms with E-state index in [-0.39, 0.29) is 17.3 Å². The van der Waals surface area contributed by atoms with E-state index in [1.54, 1.807) is 30.3 Å². The SMILES string of the molecule is CC(=O)/C=C/CCCC1C(=O)c2ccccc2C1=O. The molecule has 3 nitrogen and oxygen atoms in total. The molecule has 1 aromatic carbocycles. The molecular formula is C16H16O3. The summed E-state index contributed by atoms with van der Waals surface area (Å²) in [7, 11) is 0. The molecule has 0 aromatic heterocycles. The Labute approximate surface area is 112 Å². The van der Waals surface area contributed by atoms with Crippen molar-refractivity contribution >= 4 is 17.3 Å². The maximum atomic E-state index is 12.1. The summed E-state index contributed by atoms with van der Waals surface area (Å²) in [5.74, 6) is -0.629. The summed E-state index contributed by atoms with van der Waals surface area (Å²) in [5.41, 5.74) is 1.11. The van der Waals surface area contributed by atoms with E-state index >= 15 is 0 Å². The van der Waals surface area contributed by atoms with Crippen LogP contribution in [-0.4, -0.2) is 17.3 Å². The number of hydrogen-bond acceptors (Lipinski definition) is 3. The molecule has 98 valence electrons. The largest absolute Gasteiger partial charge is 0.295 e. The van der Waals surface area contributed by atoms with Crippen molar-refractivity contribution in [3.63, 3.8) is 0 Å². The Kier molecular flexibility index (Phi) is 4.05. The molecule has 0 aliphatic heterocycles. The maximum absolute atomic E-state index is 12.1. The van der Waals surface area contributed by atoms with Gasteiger partial charge in [0.05, 0.1) is 5.92 Å². The summed E-state index contributed by atoms with van der Waals surface area (Å²) in [6, 6.07) is 6.99. The first kappa shape index (κ1) is 13.4. The highest BCUT2D eigenvalue weighted by Gasteiger charge is 2.37. The Morgan fingerprint density at radius 3 is 2.26 bits per heavy atom. The van der Waals surface area contributed by atoms with Gasteiger partial charge in [-0.3, -0.25) is 14.4 Å². The fourth-order valence-electron chi connectivity index (χ4n) is 2.36. The van der Waals surface area contributed by atoms with Gasteiger partial charge in [-0.25, -0.2) is 0 Å². The number of fused-ring (bicyclic) bond motifs is 1. The van der Waals surface area contributed by atoms with E-state index in [1.165, 1.54) is 13.0 Å². The lowest BCUT2D eigenvalue weighted by Gasteiger charge is -2.04. The Morgan fingerprint density at radius 1 is 1.16 bits per heavy atom. The van der Waals surface area contributed by atoms with Crippen molar-refractivity contribution in [2.24, 2.45) is 5.92 Å². The van der Waals surface area contributed by atoms with E-state index in [0.717, 1.165) is 6.42 Å². The fraction of sp³-hybridized carbons (Fsp3) is 0.312. The maximum Gasteiger partial charge on any atom is 0.174 e. The zero-order valence-electron chi connectivity index (χ0n) is 10.9. The molecular weight excluding hydrogens is 240 g/mol. The Hall–Kier alpha value is -2.03. The van der Waals surface area contributed by atoms with E-state index in [0.29, 0.717) is 24.0 Å². The molecule has 1 aliphatic carbocycles. The van der Waals surface area contributed by atoms with Crippen molar-refractivity contribution in [1.29, 1.82) is 0 Å². The van der Waals surface area contributed by atoms with Crippen LogP contribution in [0.15, 0.2) is 36.4 Å². The predicted molar refractivity (Wildman–Crippen MR) is 72.3 cm³/mol. The molecule has 1 aromatic rings. The zero-order valence-corrected chi connectivity index (χ0v) is 10.9. The molecule has 0 heterocycles. The van der Waals surface area contributed by atoms with Gasteiger partial charge in [0.2, 0.25) is 0 Å². The number of Topliss-reactive ketones (excluding diaryl/α,β-unsaturated/α-hetero) is 2. The Bertz CT molecular complexity index is 520. The quantitative estimate of drug-likeness (QED) is 0.462. The minimum Gasteiger partial charge on any atom is -0.295 e. The highest BCUT2D eigenvalue weighted by Crippen LogP contribution is 2.29. The molecule has 0 N–H and O–H groups in total. The van der Waals surface area contributed by atoms with Gasteiger partial charge in [0.15, 0.2) is 17.3 Å². The average Bonchev–Trinajstić information content (AvgIpc) is 2.63. The van der Waals surface area contributed by atoms with Crippen LogP contribution in [0.4, 0.5) is 0 Å². The minimum absolute atomic E-state index is 0.0143. The summed E-state index contributed by atoms with van der Waals surface area (Å²) in [4.78, 5) is 34.9. The highest BCUT2D eigenvalue weighted by atomic mass is 16.2. The molecule has 3 heteroatoms. The summed E-state index contributed by atoms with van der Waals surface area (Å²) in [6.45, 7) is 1.50. The highest BCUT2D eigenvalue weighted by molar-refractivity contribution is 6.26. The van der Waals surface area contributed by atoms with Crippen molar-refractivity contribution in [1.82, 2.24) is 0 Å². The number of hydrogen-bond donors (Lipinski definition) is 0. The monoisotopic (exact) mass is 256 g/mol. The summed E-state index contributed by atoms with van der Waals surface area (Å²) in [6.07, 6.45) is 5.31. The van der Waals surface area contributed by atoms with Crippen molar-refractivity contribution < 1.29 is 14.4 Å². The van der Waals surface area contributed by atoms with Crippen molar-refractivity contribution in [3.8, 4) is 0 Å². The van der Waals surface area contributed by atoms with Gasteiger partial charge in [-0.2, -0.15) is 0 Å². The molecule has 0 radical (unpaired) electrons. The molecule has 0 amide bonds. The third kappa shape index (κ3) is 2.87. The molecule has 0 bridgehead atoms. The van der Waals surface area contributed by atoms with Gasteiger partial charge < -0.3 is 0 Å². The number of benzene rings is 1. The smallest absolute Gasteiger partial charge is 0.174 e. The summed E-state index contributed by atoms with van der Waals surface area (Å²) in [5, 5.41) is 0. The molecule has 2 rings (SSSR count). The second-order valence-corrected chi connectivity index (χ2v) is 4.77. The summed E-state index contributed by atoms with van der Waals surface area (Å²) < 4.78 is 0. The van der Waals surface area contributed by atoms with E-state index in [4.69, 9.17) is 0 Å². The first-order valence-corrected chi connectivity index (χ1v) is 6.46. The third-order valence-electron chi connectivity index (χ3n) is 3.31. The predicted octanol–water partition coefficient (Wildman–Crippen LogP) is 3.00. The normalized spacial score (nSPS) is 15.2. The lowest BCUT2D eigenvalue weighted by Crippen LogP contribution is -2.14. The van der Waals surface area contributed by atoms with E-state index < -0.39 is 5.92 Å². The molecule has 0 unspecified atom stereocenters. The number of carbonyl (C=O) groups is 3. The van der Waals surface area contributed by atoms with Gasteiger partial charge in [0, 0.05) is 11.1 Å². The van der Waals surface area contributed by atoms with E-state index in [9.17, 15) is 14.4 Å². The lowest BCUT2D eigenvalue weighted by atomic mass is 9.97. The van der Waals surface area contributed by atoms with Gasteiger partial charge in [0.25, 0.3) is 0 Å². The average molecular weight is 256 g/mol. The molecule has 0 spiro atoms. The van der Waals surface area contributed by atoms with Gasteiger partial charge in [-0.1, -0.05) is 30.3 Å². The first-order chi connectivity index (χ1) is 9.11. The van der Waals surface area contributed by atoms with Crippen molar-refractivity contribution in [2.45, 2.75) is 26.2 Å². The molecule has 19 heavy (non-hydrogen) atoms. The van der Waals surface area contributed by atoms with Crippen molar-refractivity contribution in [2.75, 3.05) is 0 Å². The van der Waals surface area contributed by atoms with Crippen LogP contribution < -0.4 is 0 Å². The van der Waals surface area contributed by atoms with Crippen LogP contribution >= 0.6 is 0 Å². The molecule has 0 atom stereocenters. The van der Waals surface area contributed by atoms with Crippen LogP contribution in [0.25, 0.3) is 0 Å². The Balaban J connectivity index is 1.95. The third-order valence-corrected chi connectivity index (χ3v) is 3.31. The number of allylic oxidation sites excluding steroid dienone is 2. The number of unbranched alkanes of at least 4 members (excludes halogenated alkanes) is 1. The lowest BCUT2D eigenvalue weighted by molar-refractivity contribution is -0.112. The van der Waals surface area contributed by atoms with Gasteiger partial charge in [-0.05, 0) is 32.3 Å². The van der Waals surface area contributed by atoms with Crippen molar-refractivity contribution in [3.05, 3.63) is 47.5 Å². The Morgan fingerprint density at radius 2 is 1.74 bits per heavy atom. The second kappa shape index (κ2) is 5.74.